The first kappa shape index (κ1) is 21.1. The Morgan fingerprint density at radius 3 is 2.59 bits per heavy atom. The van der Waals surface area contributed by atoms with Crippen molar-refractivity contribution >= 4 is 27.3 Å². The minimum Gasteiger partial charge on any atom is -0.497 e. The van der Waals surface area contributed by atoms with E-state index >= 15 is 0 Å². The van der Waals surface area contributed by atoms with Crippen molar-refractivity contribution in [2.75, 3.05) is 37.0 Å². The third kappa shape index (κ3) is 5.07. The summed E-state index contributed by atoms with van der Waals surface area (Å²) >= 11 is 0. The first-order chi connectivity index (χ1) is 13.9. The van der Waals surface area contributed by atoms with Gasteiger partial charge in [0.15, 0.2) is 0 Å². The average molecular weight is 418 g/mol. The van der Waals surface area contributed by atoms with Crippen molar-refractivity contribution < 1.29 is 17.9 Å². The van der Waals surface area contributed by atoms with Gasteiger partial charge in [0, 0.05) is 37.0 Å². The number of carbonyl (C=O) groups is 1. The maximum atomic E-state index is 12.9. The second-order valence-corrected chi connectivity index (χ2v) is 8.70. The van der Waals surface area contributed by atoms with Crippen LogP contribution in [-0.2, 0) is 10.0 Å². The zero-order valence-electron chi connectivity index (χ0n) is 16.8. The summed E-state index contributed by atoms with van der Waals surface area (Å²) in [7, 11) is -2.17. The summed E-state index contributed by atoms with van der Waals surface area (Å²) in [6.45, 7) is 3.88. The molecule has 8 heteroatoms. The van der Waals surface area contributed by atoms with Crippen molar-refractivity contribution in [3.05, 3.63) is 48.0 Å². The molecule has 0 unspecified atom stereocenters. The maximum absolute atomic E-state index is 12.9. The molecule has 2 N–H and O–H groups in total. The van der Waals surface area contributed by atoms with Gasteiger partial charge in [0.2, 0.25) is 10.0 Å². The molecule has 0 aliphatic carbocycles. The standard InChI is InChI=1S/C21H27N3O4S/c1-3-11-22-29(26,27)20-14-16(9-10-19(20)24-12-4-5-13-24)21(25)23-17-7-6-8-18(15-17)28-2/h6-10,14-15,22H,3-5,11-13H2,1-2H3,(H,23,25). The summed E-state index contributed by atoms with van der Waals surface area (Å²) < 4.78 is 33.6. The van der Waals surface area contributed by atoms with E-state index in [9.17, 15) is 13.2 Å². The highest BCUT2D eigenvalue weighted by atomic mass is 32.2. The number of nitrogens with one attached hydrogen (secondary N) is 2. The fraction of sp³-hybridized carbons (Fsp3) is 0.381. The van der Waals surface area contributed by atoms with E-state index < -0.39 is 10.0 Å². The third-order valence-electron chi connectivity index (χ3n) is 4.83. The lowest BCUT2D eigenvalue weighted by atomic mass is 10.1. The van der Waals surface area contributed by atoms with Crippen LogP contribution in [-0.4, -0.2) is 41.1 Å². The summed E-state index contributed by atoms with van der Waals surface area (Å²) in [4.78, 5) is 15.0. The zero-order chi connectivity index (χ0) is 20.9. The molecule has 2 aromatic carbocycles. The Hall–Kier alpha value is -2.58. The van der Waals surface area contributed by atoms with E-state index in [1.54, 1.807) is 43.5 Å². The van der Waals surface area contributed by atoms with E-state index in [0.717, 1.165) is 25.9 Å². The molecule has 29 heavy (non-hydrogen) atoms. The summed E-state index contributed by atoms with van der Waals surface area (Å²) in [5, 5.41) is 2.80. The molecule has 1 heterocycles. The highest BCUT2D eigenvalue weighted by Crippen LogP contribution is 2.30. The van der Waals surface area contributed by atoms with Gasteiger partial charge in [-0.1, -0.05) is 13.0 Å². The number of hydrogen-bond acceptors (Lipinski definition) is 5. The van der Waals surface area contributed by atoms with Crippen LogP contribution in [0.15, 0.2) is 47.4 Å². The van der Waals surface area contributed by atoms with E-state index in [2.05, 4.69) is 14.9 Å². The number of hydrogen-bond donors (Lipinski definition) is 2. The van der Waals surface area contributed by atoms with Crippen LogP contribution in [0.5, 0.6) is 5.75 Å². The maximum Gasteiger partial charge on any atom is 0.255 e. The molecular formula is C21H27N3O4S. The van der Waals surface area contributed by atoms with Gasteiger partial charge >= 0.3 is 0 Å². The SMILES string of the molecule is CCCNS(=O)(=O)c1cc(C(=O)Nc2cccc(OC)c2)ccc1N1CCCC1. The lowest BCUT2D eigenvalue weighted by Gasteiger charge is -2.22. The molecule has 1 aliphatic rings. The first-order valence-electron chi connectivity index (χ1n) is 9.78. The number of carbonyl (C=O) groups excluding carboxylic acids is 1. The van der Waals surface area contributed by atoms with E-state index in [-0.39, 0.29) is 16.4 Å². The molecule has 156 valence electrons. The Balaban J connectivity index is 1.93. The van der Waals surface area contributed by atoms with Gasteiger partial charge in [-0.15, -0.1) is 0 Å². The number of methoxy groups -OCH3 is 1. The third-order valence-corrected chi connectivity index (χ3v) is 6.32. The lowest BCUT2D eigenvalue weighted by molar-refractivity contribution is 0.102. The summed E-state index contributed by atoms with van der Waals surface area (Å²) in [6.07, 6.45) is 2.74. The van der Waals surface area contributed by atoms with Crippen LogP contribution >= 0.6 is 0 Å². The van der Waals surface area contributed by atoms with Crippen LogP contribution in [0, 0.1) is 0 Å². The van der Waals surface area contributed by atoms with Crippen LogP contribution in [0.1, 0.15) is 36.5 Å². The van der Waals surface area contributed by atoms with Crippen LogP contribution in [0.2, 0.25) is 0 Å². The summed E-state index contributed by atoms with van der Waals surface area (Å²) in [6, 6.07) is 11.9. The fourth-order valence-corrected chi connectivity index (χ4v) is 4.69. The second-order valence-electron chi connectivity index (χ2n) is 6.96. The average Bonchev–Trinajstić information content (AvgIpc) is 3.26. The highest BCUT2D eigenvalue weighted by Gasteiger charge is 2.25. The van der Waals surface area contributed by atoms with Crippen LogP contribution in [0.25, 0.3) is 0 Å². The Kier molecular flexibility index (Phi) is 6.76. The van der Waals surface area contributed by atoms with Gasteiger partial charge in [-0.3, -0.25) is 4.79 Å². The lowest BCUT2D eigenvalue weighted by Crippen LogP contribution is -2.28. The van der Waals surface area contributed by atoms with Gasteiger partial charge in [-0.2, -0.15) is 0 Å². The molecule has 0 atom stereocenters. The van der Waals surface area contributed by atoms with Crippen molar-refractivity contribution in [1.82, 2.24) is 4.72 Å². The van der Waals surface area contributed by atoms with Crippen molar-refractivity contribution in [3.8, 4) is 5.75 Å². The van der Waals surface area contributed by atoms with E-state index in [4.69, 9.17) is 4.74 Å². The molecule has 0 saturated carbocycles. The Morgan fingerprint density at radius 1 is 1.14 bits per heavy atom. The molecule has 1 aliphatic heterocycles. The minimum atomic E-state index is -3.72. The molecule has 7 nitrogen and oxygen atoms in total. The van der Waals surface area contributed by atoms with Crippen molar-refractivity contribution in [3.63, 3.8) is 0 Å². The molecule has 2 aromatic rings. The predicted molar refractivity (Wildman–Crippen MR) is 114 cm³/mol. The molecule has 0 spiro atoms. The zero-order valence-corrected chi connectivity index (χ0v) is 17.6. The quantitative estimate of drug-likeness (QED) is 0.689. The smallest absolute Gasteiger partial charge is 0.255 e. The summed E-state index contributed by atoms with van der Waals surface area (Å²) in [5.74, 6) is 0.248. The number of anilines is 2. The first-order valence-corrected chi connectivity index (χ1v) is 11.3. The van der Waals surface area contributed by atoms with Gasteiger partial charge in [0.25, 0.3) is 5.91 Å². The van der Waals surface area contributed by atoms with Gasteiger partial charge in [-0.25, -0.2) is 13.1 Å². The molecule has 1 amide bonds. The number of rotatable bonds is 8. The van der Waals surface area contributed by atoms with E-state index in [0.29, 0.717) is 30.1 Å². The van der Waals surface area contributed by atoms with Gasteiger partial charge < -0.3 is 15.0 Å². The summed E-state index contributed by atoms with van der Waals surface area (Å²) in [5.41, 5.74) is 1.50. The number of benzene rings is 2. The molecule has 1 saturated heterocycles. The fourth-order valence-electron chi connectivity index (χ4n) is 3.31. The monoisotopic (exact) mass is 417 g/mol. The Bertz CT molecular complexity index is 970. The highest BCUT2D eigenvalue weighted by molar-refractivity contribution is 7.89. The van der Waals surface area contributed by atoms with Crippen molar-refractivity contribution in [1.29, 1.82) is 0 Å². The van der Waals surface area contributed by atoms with E-state index in [1.807, 2.05) is 6.92 Å². The number of amides is 1. The van der Waals surface area contributed by atoms with E-state index in [1.165, 1.54) is 6.07 Å². The predicted octanol–water partition coefficient (Wildman–Crippen LogP) is 3.24. The molecule has 3 rings (SSSR count). The van der Waals surface area contributed by atoms with Gasteiger partial charge in [0.1, 0.15) is 10.6 Å². The van der Waals surface area contributed by atoms with Crippen LogP contribution < -0.4 is 19.7 Å². The number of sulfonamides is 1. The number of ether oxygens (including phenoxy) is 1. The molecule has 0 aromatic heterocycles. The van der Waals surface area contributed by atoms with Crippen molar-refractivity contribution in [2.45, 2.75) is 31.1 Å². The molecular weight excluding hydrogens is 390 g/mol. The van der Waals surface area contributed by atoms with Crippen molar-refractivity contribution in [2.24, 2.45) is 0 Å². The van der Waals surface area contributed by atoms with Gasteiger partial charge in [-0.05, 0) is 49.6 Å². The van der Waals surface area contributed by atoms with Crippen LogP contribution in [0.3, 0.4) is 0 Å². The topological polar surface area (TPSA) is 87.7 Å². The molecule has 1 fully saturated rings. The molecule has 0 bridgehead atoms. The minimum absolute atomic E-state index is 0.145. The largest absolute Gasteiger partial charge is 0.497 e. The molecule has 0 radical (unpaired) electrons. The normalized spacial score (nSPS) is 14.1. The Morgan fingerprint density at radius 2 is 1.90 bits per heavy atom. The van der Waals surface area contributed by atoms with Gasteiger partial charge in [0.05, 0.1) is 12.8 Å². The second kappa shape index (κ2) is 9.28. The number of nitrogens with zero attached hydrogens (tertiary/aromatic N) is 1. The van der Waals surface area contributed by atoms with Crippen LogP contribution in [0.4, 0.5) is 11.4 Å². The Labute approximate surface area is 172 Å².